The average Bonchev–Trinajstić information content (AvgIpc) is 3.33. The van der Waals surface area contributed by atoms with Gasteiger partial charge in [-0.05, 0) is 35.7 Å². The van der Waals surface area contributed by atoms with Crippen LogP contribution in [0.1, 0.15) is 34.8 Å². The van der Waals surface area contributed by atoms with E-state index in [4.69, 9.17) is 5.10 Å². The molecule has 8 nitrogen and oxygen atoms in total. The third kappa shape index (κ3) is 4.61. The molecule has 0 saturated carbocycles. The minimum atomic E-state index is -0.526. The van der Waals surface area contributed by atoms with Crippen LogP contribution in [0.15, 0.2) is 99.9 Å². The largest absolute Gasteiger partial charge is 0.363 e. The van der Waals surface area contributed by atoms with Crippen LogP contribution in [0.25, 0.3) is 0 Å². The summed E-state index contributed by atoms with van der Waals surface area (Å²) in [4.78, 5) is 15.2. The molecular formula is C26H23N7O. The molecule has 34 heavy (non-hydrogen) atoms. The Labute approximate surface area is 196 Å². The van der Waals surface area contributed by atoms with Crippen molar-refractivity contribution in [2.45, 2.75) is 19.4 Å². The molecule has 2 heterocycles. The predicted molar refractivity (Wildman–Crippen MR) is 134 cm³/mol. The quantitative estimate of drug-likeness (QED) is 0.338. The van der Waals surface area contributed by atoms with E-state index in [1.165, 1.54) is 5.56 Å². The summed E-state index contributed by atoms with van der Waals surface area (Å²) in [6.45, 7) is 1.74. The Balaban J connectivity index is 1.38. The van der Waals surface area contributed by atoms with Gasteiger partial charge in [-0.1, -0.05) is 72.8 Å². The third-order valence-electron chi connectivity index (χ3n) is 5.62. The summed E-state index contributed by atoms with van der Waals surface area (Å²) in [6.07, 6.45) is 2.50. The van der Waals surface area contributed by atoms with Crippen molar-refractivity contribution in [3.05, 3.63) is 118 Å². The first kappa shape index (κ1) is 21.3. The number of nitrogens with one attached hydrogen (secondary N) is 2. The maximum Gasteiger partial charge on any atom is 0.363 e. The lowest BCUT2D eigenvalue weighted by Crippen LogP contribution is -2.18. The summed E-state index contributed by atoms with van der Waals surface area (Å²) in [5.74, 6) is 0.321. The lowest BCUT2D eigenvalue weighted by Gasteiger charge is -2.24. The first-order valence-corrected chi connectivity index (χ1v) is 11.0. The Morgan fingerprint density at radius 2 is 1.71 bits per heavy atom. The summed E-state index contributed by atoms with van der Waals surface area (Å²) < 4.78 is 0. The molecule has 0 bridgehead atoms. The first-order chi connectivity index (χ1) is 16.7. The Kier molecular flexibility index (Phi) is 5.94. The summed E-state index contributed by atoms with van der Waals surface area (Å²) in [7, 11) is 0. The standard InChI is InChI=1S/C26H23N7O/c1-18-25(28-26(34)31-29-18)30-27-17-19-12-14-22(15-13-19)33-24(21-10-6-3-7-11-21)16-23(32-33)20-8-4-2-5-9-20/h2-15,17,24H,16H2,1H3,(H2,28,30,31,34)/b27-17-/t24-/m1/s1. The molecule has 5 rings (SSSR count). The van der Waals surface area contributed by atoms with Gasteiger partial charge in [0.2, 0.25) is 0 Å². The van der Waals surface area contributed by atoms with Gasteiger partial charge in [0.25, 0.3) is 0 Å². The van der Waals surface area contributed by atoms with Crippen LogP contribution in [0.5, 0.6) is 0 Å². The number of hydrogen-bond acceptors (Lipinski definition) is 7. The van der Waals surface area contributed by atoms with E-state index in [1.807, 2.05) is 48.5 Å². The molecule has 0 radical (unpaired) electrons. The number of rotatable bonds is 6. The molecule has 1 aromatic heterocycles. The van der Waals surface area contributed by atoms with Gasteiger partial charge < -0.3 is 0 Å². The zero-order valence-corrected chi connectivity index (χ0v) is 18.6. The van der Waals surface area contributed by atoms with Gasteiger partial charge >= 0.3 is 5.69 Å². The monoisotopic (exact) mass is 449 g/mol. The molecule has 1 aliphatic rings. The van der Waals surface area contributed by atoms with Crippen LogP contribution in [0.3, 0.4) is 0 Å². The summed E-state index contributed by atoms with van der Waals surface area (Å²) in [5, 5.41) is 17.4. The van der Waals surface area contributed by atoms with E-state index < -0.39 is 5.69 Å². The topological polar surface area (TPSA) is 98.6 Å². The molecule has 4 aromatic rings. The van der Waals surface area contributed by atoms with E-state index >= 15 is 0 Å². The van der Waals surface area contributed by atoms with Gasteiger partial charge in [-0.2, -0.15) is 20.3 Å². The second-order valence-electron chi connectivity index (χ2n) is 7.92. The fraction of sp³-hybridized carbons (Fsp3) is 0.115. The van der Waals surface area contributed by atoms with Crippen molar-refractivity contribution in [1.82, 2.24) is 15.2 Å². The number of nitrogens with zero attached hydrogens (tertiary/aromatic N) is 5. The van der Waals surface area contributed by atoms with E-state index in [9.17, 15) is 4.79 Å². The molecule has 0 unspecified atom stereocenters. The Morgan fingerprint density at radius 3 is 2.44 bits per heavy atom. The van der Waals surface area contributed by atoms with E-state index in [0.717, 1.165) is 28.9 Å². The highest BCUT2D eigenvalue weighted by molar-refractivity contribution is 6.03. The Hall–Kier alpha value is -4.59. The predicted octanol–water partition coefficient (Wildman–Crippen LogP) is 4.28. The molecule has 1 atom stereocenters. The molecular weight excluding hydrogens is 426 g/mol. The molecule has 3 aromatic carbocycles. The van der Waals surface area contributed by atoms with Gasteiger partial charge in [0.1, 0.15) is 5.69 Å². The van der Waals surface area contributed by atoms with Crippen molar-refractivity contribution >= 4 is 23.4 Å². The maximum atomic E-state index is 11.3. The Morgan fingerprint density at radius 1 is 1.00 bits per heavy atom. The molecule has 0 spiro atoms. The van der Waals surface area contributed by atoms with Gasteiger partial charge in [0.05, 0.1) is 23.7 Å². The molecule has 0 amide bonds. The highest BCUT2D eigenvalue weighted by Crippen LogP contribution is 2.36. The maximum absolute atomic E-state index is 11.3. The summed E-state index contributed by atoms with van der Waals surface area (Å²) in [5.41, 5.74) is 8.13. The van der Waals surface area contributed by atoms with Crippen molar-refractivity contribution in [2.75, 3.05) is 10.4 Å². The summed E-state index contributed by atoms with van der Waals surface area (Å²) in [6, 6.07) is 28.9. The van der Waals surface area contributed by atoms with Gasteiger partial charge in [0, 0.05) is 6.42 Å². The van der Waals surface area contributed by atoms with E-state index in [-0.39, 0.29) is 6.04 Å². The van der Waals surface area contributed by atoms with Crippen molar-refractivity contribution in [1.29, 1.82) is 0 Å². The van der Waals surface area contributed by atoms with Crippen LogP contribution < -0.4 is 16.1 Å². The Bertz CT molecular complexity index is 1380. The van der Waals surface area contributed by atoms with E-state index in [1.54, 1.807) is 13.1 Å². The molecule has 0 fully saturated rings. The second-order valence-corrected chi connectivity index (χ2v) is 7.92. The fourth-order valence-corrected chi connectivity index (χ4v) is 3.87. The SMILES string of the molecule is Cc1n[nH]c(=O)nc1N/N=C\c1ccc(N2N=C(c3ccccc3)C[C@@H]2c2ccccc2)cc1. The number of aromatic nitrogens is 3. The van der Waals surface area contributed by atoms with Crippen LogP contribution in [-0.4, -0.2) is 27.1 Å². The van der Waals surface area contributed by atoms with Crippen molar-refractivity contribution < 1.29 is 0 Å². The molecule has 0 saturated heterocycles. The number of aromatic amines is 1. The highest BCUT2D eigenvalue weighted by Gasteiger charge is 2.29. The van der Waals surface area contributed by atoms with Gasteiger partial charge in [-0.3, -0.25) is 10.4 Å². The molecule has 0 aliphatic carbocycles. The number of H-pyrrole nitrogens is 1. The van der Waals surface area contributed by atoms with Crippen molar-refractivity contribution in [2.24, 2.45) is 10.2 Å². The van der Waals surface area contributed by atoms with Crippen LogP contribution in [0, 0.1) is 6.92 Å². The van der Waals surface area contributed by atoms with Gasteiger partial charge in [0.15, 0.2) is 5.82 Å². The third-order valence-corrected chi connectivity index (χ3v) is 5.62. The second kappa shape index (κ2) is 9.50. The van der Waals surface area contributed by atoms with Gasteiger partial charge in [-0.15, -0.1) is 0 Å². The molecule has 168 valence electrons. The molecule has 2 N–H and O–H groups in total. The molecule has 1 aliphatic heterocycles. The normalized spacial score (nSPS) is 15.5. The number of hydrogen-bond donors (Lipinski definition) is 2. The fourth-order valence-electron chi connectivity index (χ4n) is 3.87. The van der Waals surface area contributed by atoms with Crippen LogP contribution >= 0.6 is 0 Å². The minimum absolute atomic E-state index is 0.121. The van der Waals surface area contributed by atoms with E-state index in [0.29, 0.717) is 11.5 Å². The van der Waals surface area contributed by atoms with Crippen LogP contribution in [-0.2, 0) is 0 Å². The van der Waals surface area contributed by atoms with Crippen molar-refractivity contribution in [3.63, 3.8) is 0 Å². The first-order valence-electron chi connectivity index (χ1n) is 11.0. The van der Waals surface area contributed by atoms with E-state index in [2.05, 4.69) is 67.1 Å². The number of benzene rings is 3. The van der Waals surface area contributed by atoms with Crippen molar-refractivity contribution in [3.8, 4) is 0 Å². The zero-order valence-electron chi connectivity index (χ0n) is 18.6. The number of anilines is 2. The van der Waals surface area contributed by atoms with Crippen LogP contribution in [0.2, 0.25) is 0 Å². The highest BCUT2D eigenvalue weighted by atomic mass is 16.1. The van der Waals surface area contributed by atoms with Crippen LogP contribution in [0.4, 0.5) is 11.5 Å². The lowest BCUT2D eigenvalue weighted by molar-refractivity contribution is 0.709. The molecule has 8 heteroatoms. The zero-order chi connectivity index (χ0) is 23.3. The number of aryl methyl sites for hydroxylation is 1. The smallest absolute Gasteiger partial charge is 0.260 e. The number of hydrazone groups is 2. The summed E-state index contributed by atoms with van der Waals surface area (Å²) >= 11 is 0. The minimum Gasteiger partial charge on any atom is -0.260 e. The average molecular weight is 450 g/mol. The van der Waals surface area contributed by atoms with Gasteiger partial charge in [-0.25, -0.2) is 9.89 Å². The lowest BCUT2D eigenvalue weighted by atomic mass is 9.98.